The maximum absolute atomic E-state index is 13.3. The lowest BCUT2D eigenvalue weighted by Crippen LogP contribution is -2.47. The van der Waals surface area contributed by atoms with Crippen molar-refractivity contribution in [2.45, 2.75) is 18.9 Å². The number of benzene rings is 1. The number of piperidine rings is 1. The minimum absolute atomic E-state index is 0.163. The maximum Gasteiger partial charge on any atom is 0.282 e. The second-order valence-corrected chi connectivity index (χ2v) is 5.57. The molecule has 0 spiro atoms. The zero-order valence-electron chi connectivity index (χ0n) is 11.4. The smallest absolute Gasteiger partial charge is 0.282 e. The van der Waals surface area contributed by atoms with E-state index in [4.69, 9.17) is 0 Å². The Morgan fingerprint density at radius 3 is 3.00 bits per heavy atom. The van der Waals surface area contributed by atoms with Gasteiger partial charge in [0.25, 0.3) is 11.6 Å². The Balaban J connectivity index is 1.85. The molecule has 3 rings (SSSR count). The molecule has 21 heavy (non-hydrogen) atoms. The van der Waals surface area contributed by atoms with Crippen LogP contribution in [0.15, 0.2) is 18.2 Å². The fourth-order valence-electron chi connectivity index (χ4n) is 3.24. The van der Waals surface area contributed by atoms with Gasteiger partial charge < -0.3 is 10.2 Å². The van der Waals surface area contributed by atoms with Crippen molar-refractivity contribution in [1.29, 1.82) is 0 Å². The minimum atomic E-state index is -0.642. The number of fused-ring (bicyclic) bond motifs is 1. The molecule has 2 atom stereocenters. The van der Waals surface area contributed by atoms with E-state index in [0.717, 1.165) is 37.6 Å². The van der Waals surface area contributed by atoms with Crippen LogP contribution in [-0.2, 0) is 0 Å². The average Bonchev–Trinajstić information content (AvgIpc) is 2.93. The Hall–Kier alpha value is -2.02. The summed E-state index contributed by atoms with van der Waals surface area (Å²) in [6.45, 7) is 2.06. The molecular formula is C14H16FN3O3. The normalized spacial score (nSPS) is 24.7. The molecule has 2 aliphatic heterocycles. The van der Waals surface area contributed by atoms with Gasteiger partial charge in [-0.3, -0.25) is 14.9 Å². The van der Waals surface area contributed by atoms with Gasteiger partial charge in [-0.15, -0.1) is 0 Å². The van der Waals surface area contributed by atoms with E-state index in [1.807, 2.05) is 0 Å². The van der Waals surface area contributed by atoms with E-state index < -0.39 is 16.6 Å². The molecule has 6 nitrogen and oxygen atoms in total. The molecule has 2 fully saturated rings. The first-order chi connectivity index (χ1) is 10.1. The quantitative estimate of drug-likeness (QED) is 0.663. The molecule has 2 aliphatic rings. The fourth-order valence-corrected chi connectivity index (χ4v) is 3.24. The van der Waals surface area contributed by atoms with Crippen LogP contribution in [0.2, 0.25) is 0 Å². The number of carbonyl (C=O) groups excluding carboxylic acids is 1. The van der Waals surface area contributed by atoms with Gasteiger partial charge in [-0.2, -0.15) is 0 Å². The largest absolute Gasteiger partial charge is 0.338 e. The van der Waals surface area contributed by atoms with Crippen molar-refractivity contribution >= 4 is 11.6 Å². The highest BCUT2D eigenvalue weighted by Gasteiger charge is 2.36. The van der Waals surface area contributed by atoms with Gasteiger partial charge in [0.2, 0.25) is 0 Å². The van der Waals surface area contributed by atoms with E-state index in [2.05, 4.69) is 5.32 Å². The Morgan fingerprint density at radius 2 is 2.24 bits per heavy atom. The summed E-state index contributed by atoms with van der Waals surface area (Å²) < 4.78 is 13.3. The van der Waals surface area contributed by atoms with Crippen LogP contribution in [0.25, 0.3) is 0 Å². The molecule has 1 amide bonds. The van der Waals surface area contributed by atoms with E-state index >= 15 is 0 Å². The molecule has 0 radical (unpaired) electrons. The van der Waals surface area contributed by atoms with Crippen molar-refractivity contribution < 1.29 is 14.1 Å². The SMILES string of the molecule is O=C(c1cc(F)ccc1[N+](=O)[O-])N1CCC2NCCC2C1. The predicted molar refractivity (Wildman–Crippen MR) is 73.5 cm³/mol. The number of rotatable bonds is 2. The molecule has 1 N–H and O–H groups in total. The first-order valence-electron chi connectivity index (χ1n) is 7.03. The van der Waals surface area contributed by atoms with Crippen molar-refractivity contribution in [3.63, 3.8) is 0 Å². The van der Waals surface area contributed by atoms with Crippen LogP contribution in [0.3, 0.4) is 0 Å². The number of hydrogen-bond acceptors (Lipinski definition) is 4. The highest BCUT2D eigenvalue weighted by Crippen LogP contribution is 2.28. The molecule has 0 aliphatic carbocycles. The lowest BCUT2D eigenvalue weighted by Gasteiger charge is -2.34. The van der Waals surface area contributed by atoms with E-state index in [1.54, 1.807) is 4.90 Å². The summed E-state index contributed by atoms with van der Waals surface area (Å²) in [6, 6.07) is 3.44. The molecule has 1 aromatic rings. The van der Waals surface area contributed by atoms with Crippen molar-refractivity contribution in [3.8, 4) is 0 Å². The molecule has 0 saturated carbocycles. The third-order valence-corrected chi connectivity index (χ3v) is 4.33. The van der Waals surface area contributed by atoms with Gasteiger partial charge in [0.1, 0.15) is 11.4 Å². The van der Waals surface area contributed by atoms with Gasteiger partial charge in [0.05, 0.1) is 4.92 Å². The number of amides is 1. The molecule has 112 valence electrons. The lowest BCUT2D eigenvalue weighted by molar-refractivity contribution is -0.385. The molecule has 0 aromatic heterocycles. The third kappa shape index (κ3) is 2.61. The zero-order valence-corrected chi connectivity index (χ0v) is 11.4. The van der Waals surface area contributed by atoms with Crippen LogP contribution in [0, 0.1) is 21.8 Å². The predicted octanol–water partition coefficient (Wildman–Crippen LogP) is 1.56. The average molecular weight is 293 g/mol. The van der Waals surface area contributed by atoms with E-state index in [9.17, 15) is 19.3 Å². The van der Waals surface area contributed by atoms with Crippen LogP contribution in [0.5, 0.6) is 0 Å². The van der Waals surface area contributed by atoms with Gasteiger partial charge in [-0.25, -0.2) is 4.39 Å². The lowest BCUT2D eigenvalue weighted by atomic mass is 9.93. The number of halogens is 1. The highest BCUT2D eigenvalue weighted by molar-refractivity contribution is 5.98. The van der Waals surface area contributed by atoms with Gasteiger partial charge in [0.15, 0.2) is 0 Å². The molecule has 2 saturated heterocycles. The summed E-state index contributed by atoms with van der Waals surface area (Å²) in [4.78, 5) is 24.5. The number of nitrogens with one attached hydrogen (secondary N) is 1. The van der Waals surface area contributed by atoms with E-state index in [0.29, 0.717) is 25.0 Å². The van der Waals surface area contributed by atoms with Crippen LogP contribution in [-0.4, -0.2) is 41.4 Å². The second kappa shape index (κ2) is 5.40. The molecule has 7 heteroatoms. The number of likely N-dealkylation sites (tertiary alicyclic amines) is 1. The van der Waals surface area contributed by atoms with Crippen LogP contribution < -0.4 is 5.32 Å². The number of nitrogens with zero attached hydrogens (tertiary/aromatic N) is 2. The summed E-state index contributed by atoms with van der Waals surface area (Å²) >= 11 is 0. The molecule has 2 unspecified atom stereocenters. The third-order valence-electron chi connectivity index (χ3n) is 4.33. The summed E-state index contributed by atoms with van der Waals surface area (Å²) in [6.07, 6.45) is 1.83. The standard InChI is InChI=1S/C14H16FN3O3/c15-10-1-2-13(18(20)21)11(7-10)14(19)17-6-4-12-9(8-17)3-5-16-12/h1-2,7,9,12,16H,3-6,8H2. The Labute approximate surface area is 121 Å². The van der Waals surface area contributed by atoms with Crippen LogP contribution in [0.1, 0.15) is 23.2 Å². The first kappa shape index (κ1) is 13.9. The van der Waals surface area contributed by atoms with Crippen LogP contribution in [0.4, 0.5) is 10.1 Å². The highest BCUT2D eigenvalue weighted by atomic mass is 19.1. The van der Waals surface area contributed by atoms with Gasteiger partial charge in [-0.1, -0.05) is 0 Å². The summed E-state index contributed by atoms with van der Waals surface area (Å²) in [5.74, 6) is -0.705. The van der Waals surface area contributed by atoms with E-state index in [-0.39, 0.29) is 11.3 Å². The van der Waals surface area contributed by atoms with Gasteiger partial charge in [0, 0.05) is 25.2 Å². The summed E-state index contributed by atoms with van der Waals surface area (Å²) in [5.41, 5.74) is -0.502. The minimum Gasteiger partial charge on any atom is -0.338 e. The Bertz CT molecular complexity index is 593. The fraction of sp³-hybridized carbons (Fsp3) is 0.500. The van der Waals surface area contributed by atoms with Gasteiger partial charge >= 0.3 is 0 Å². The van der Waals surface area contributed by atoms with Crippen molar-refractivity contribution in [3.05, 3.63) is 39.7 Å². The molecule has 2 heterocycles. The number of hydrogen-bond donors (Lipinski definition) is 1. The summed E-state index contributed by atoms with van der Waals surface area (Å²) in [5, 5.41) is 14.4. The number of nitro groups is 1. The van der Waals surface area contributed by atoms with Crippen molar-refractivity contribution in [1.82, 2.24) is 10.2 Å². The first-order valence-corrected chi connectivity index (χ1v) is 7.03. The number of carbonyl (C=O) groups is 1. The van der Waals surface area contributed by atoms with Crippen molar-refractivity contribution in [2.75, 3.05) is 19.6 Å². The van der Waals surface area contributed by atoms with Crippen LogP contribution >= 0.6 is 0 Å². The molecule has 0 bridgehead atoms. The molecular weight excluding hydrogens is 277 g/mol. The topological polar surface area (TPSA) is 75.5 Å². The van der Waals surface area contributed by atoms with Crippen molar-refractivity contribution in [2.24, 2.45) is 5.92 Å². The van der Waals surface area contributed by atoms with E-state index in [1.165, 1.54) is 0 Å². The van der Waals surface area contributed by atoms with Gasteiger partial charge in [-0.05, 0) is 37.4 Å². The zero-order chi connectivity index (χ0) is 15.0. The second-order valence-electron chi connectivity index (χ2n) is 5.57. The Morgan fingerprint density at radius 1 is 1.43 bits per heavy atom. The Kier molecular flexibility index (Phi) is 3.59. The summed E-state index contributed by atoms with van der Waals surface area (Å²) in [7, 11) is 0. The maximum atomic E-state index is 13.3. The monoisotopic (exact) mass is 293 g/mol. The molecule has 1 aromatic carbocycles. The number of nitro benzene ring substituents is 1.